The van der Waals surface area contributed by atoms with E-state index in [1.165, 1.54) is 23.4 Å². The average Bonchev–Trinajstić information content (AvgIpc) is 2.76. The van der Waals surface area contributed by atoms with Gasteiger partial charge >= 0.3 is 0 Å². The lowest BCUT2D eigenvalue weighted by Gasteiger charge is -2.14. The van der Waals surface area contributed by atoms with E-state index in [1.54, 1.807) is 17.0 Å². The Bertz CT molecular complexity index is 740. The van der Waals surface area contributed by atoms with Gasteiger partial charge in [-0.15, -0.1) is 0 Å². The molecule has 3 rings (SSSR count). The second-order valence-electron chi connectivity index (χ2n) is 4.92. The number of aryl methyl sites for hydroxylation is 1. The van der Waals surface area contributed by atoms with Gasteiger partial charge in [-0.2, -0.15) is 0 Å². The Kier molecular flexibility index (Phi) is 3.06. The zero-order valence-electron chi connectivity index (χ0n) is 11.2. The molecule has 1 aromatic carbocycles. The van der Waals surface area contributed by atoms with Crippen molar-refractivity contribution < 1.29 is 4.79 Å². The van der Waals surface area contributed by atoms with Crippen LogP contribution >= 0.6 is 0 Å². The molecule has 1 amide bonds. The molecule has 0 saturated heterocycles. The zero-order valence-corrected chi connectivity index (χ0v) is 11.2. The molecular formula is C16H14N2O2. The summed E-state index contributed by atoms with van der Waals surface area (Å²) in [6.07, 6.45) is 1.40. The molecule has 2 aromatic rings. The smallest absolute Gasteiger partial charge is 0.282 e. The molecule has 20 heavy (non-hydrogen) atoms. The monoisotopic (exact) mass is 266 g/mol. The Morgan fingerprint density at radius 3 is 2.80 bits per heavy atom. The van der Waals surface area contributed by atoms with Gasteiger partial charge in [0.1, 0.15) is 5.56 Å². The third-order valence-electron chi connectivity index (χ3n) is 3.62. The summed E-state index contributed by atoms with van der Waals surface area (Å²) < 4.78 is 0. The minimum atomic E-state index is -0.479. The van der Waals surface area contributed by atoms with Gasteiger partial charge in [-0.05, 0) is 35.7 Å². The van der Waals surface area contributed by atoms with E-state index in [4.69, 9.17) is 0 Å². The highest BCUT2D eigenvalue weighted by Crippen LogP contribution is 2.26. The van der Waals surface area contributed by atoms with Crippen LogP contribution in [0.4, 0.5) is 0 Å². The zero-order chi connectivity index (χ0) is 14.1. The van der Waals surface area contributed by atoms with E-state index in [1.807, 2.05) is 25.1 Å². The van der Waals surface area contributed by atoms with Gasteiger partial charge in [0.15, 0.2) is 0 Å². The normalized spacial score (nSPS) is 13.2. The van der Waals surface area contributed by atoms with E-state index >= 15 is 0 Å². The highest BCUT2D eigenvalue weighted by Gasteiger charge is 2.26. The molecule has 2 heterocycles. The molecule has 0 saturated carbocycles. The van der Waals surface area contributed by atoms with E-state index in [-0.39, 0.29) is 11.5 Å². The summed E-state index contributed by atoms with van der Waals surface area (Å²) in [4.78, 5) is 29.7. The van der Waals surface area contributed by atoms with Crippen LogP contribution < -0.4 is 5.56 Å². The third-order valence-corrected chi connectivity index (χ3v) is 3.62. The van der Waals surface area contributed by atoms with Crippen LogP contribution in [0, 0.1) is 6.92 Å². The first-order chi connectivity index (χ1) is 9.66. The summed E-state index contributed by atoms with van der Waals surface area (Å²) in [5, 5.41) is 0. The lowest BCUT2D eigenvalue weighted by Crippen LogP contribution is -2.29. The van der Waals surface area contributed by atoms with Crippen LogP contribution in [0.1, 0.15) is 27.0 Å². The fourth-order valence-electron chi connectivity index (χ4n) is 2.52. The molecule has 0 radical (unpaired) electrons. The lowest BCUT2D eigenvalue weighted by molar-refractivity contribution is 0.0749. The molecule has 1 aliphatic rings. The molecule has 0 spiro atoms. The number of aromatic nitrogens is 1. The van der Waals surface area contributed by atoms with Gasteiger partial charge in [-0.3, -0.25) is 9.59 Å². The summed E-state index contributed by atoms with van der Waals surface area (Å²) in [6.45, 7) is 3.14. The summed E-state index contributed by atoms with van der Waals surface area (Å²) >= 11 is 0. The van der Waals surface area contributed by atoms with Gasteiger partial charge in [-0.25, -0.2) is 4.98 Å². The van der Waals surface area contributed by atoms with Crippen LogP contribution in [-0.4, -0.2) is 15.8 Å². The Hall–Kier alpha value is -2.49. The van der Waals surface area contributed by atoms with Gasteiger partial charge in [0, 0.05) is 19.3 Å². The molecule has 0 aliphatic carbocycles. The predicted molar refractivity (Wildman–Crippen MR) is 75.3 cm³/mol. The number of rotatable bonds is 1. The standard InChI is InChI=1S/C16H14N2O2/c1-11-5-4-6-12-9-18(10-14(11)12)16(20)13-7-2-3-8-17-15(13)19/h2-8H,9-10H2,1H3. The SMILES string of the molecule is Cc1cccc2c1CN(C(=O)c1ccccnc1=O)C2. The maximum Gasteiger partial charge on any atom is 0.282 e. The van der Waals surface area contributed by atoms with Gasteiger partial charge < -0.3 is 4.90 Å². The Morgan fingerprint density at radius 1 is 1.15 bits per heavy atom. The van der Waals surface area contributed by atoms with Crippen molar-refractivity contribution in [2.75, 3.05) is 0 Å². The van der Waals surface area contributed by atoms with Crippen molar-refractivity contribution in [1.82, 2.24) is 9.88 Å². The van der Waals surface area contributed by atoms with Crippen LogP contribution in [0.25, 0.3) is 0 Å². The van der Waals surface area contributed by atoms with Crippen LogP contribution in [0.15, 0.2) is 47.4 Å². The summed E-state index contributed by atoms with van der Waals surface area (Å²) in [7, 11) is 0. The molecule has 0 fully saturated rings. The van der Waals surface area contributed by atoms with Gasteiger partial charge in [0.05, 0.1) is 0 Å². The third kappa shape index (κ3) is 2.09. The quantitative estimate of drug-likeness (QED) is 0.792. The van der Waals surface area contributed by atoms with Gasteiger partial charge in [-0.1, -0.05) is 24.3 Å². The average molecular weight is 266 g/mol. The Morgan fingerprint density at radius 2 is 2.00 bits per heavy atom. The summed E-state index contributed by atoms with van der Waals surface area (Å²) in [5.41, 5.74) is 3.16. The predicted octanol–water partition coefficient (Wildman–Crippen LogP) is 1.91. The molecule has 0 unspecified atom stereocenters. The number of benzene rings is 1. The van der Waals surface area contributed by atoms with Crippen LogP contribution in [0.5, 0.6) is 0 Å². The van der Waals surface area contributed by atoms with Crippen molar-refractivity contribution in [3.63, 3.8) is 0 Å². The molecule has 1 aliphatic heterocycles. The number of nitrogens with zero attached hydrogens (tertiary/aromatic N) is 2. The second-order valence-corrected chi connectivity index (χ2v) is 4.92. The Labute approximate surface area is 116 Å². The molecule has 1 aromatic heterocycles. The van der Waals surface area contributed by atoms with Crippen molar-refractivity contribution in [3.8, 4) is 0 Å². The summed E-state index contributed by atoms with van der Waals surface area (Å²) in [5.74, 6) is -0.255. The molecular weight excluding hydrogens is 252 g/mol. The number of hydrogen-bond acceptors (Lipinski definition) is 3. The largest absolute Gasteiger partial charge is 0.330 e. The minimum Gasteiger partial charge on any atom is -0.330 e. The molecule has 0 atom stereocenters. The molecule has 4 nitrogen and oxygen atoms in total. The van der Waals surface area contributed by atoms with E-state index in [9.17, 15) is 9.59 Å². The van der Waals surface area contributed by atoms with Crippen molar-refractivity contribution in [2.24, 2.45) is 0 Å². The maximum atomic E-state index is 12.5. The number of carbonyl (C=O) groups excluding carboxylic acids is 1. The van der Waals surface area contributed by atoms with E-state index in [2.05, 4.69) is 4.98 Å². The highest BCUT2D eigenvalue weighted by atomic mass is 16.2. The first kappa shape index (κ1) is 12.5. The van der Waals surface area contributed by atoms with Crippen molar-refractivity contribution in [1.29, 1.82) is 0 Å². The molecule has 100 valence electrons. The van der Waals surface area contributed by atoms with E-state index < -0.39 is 5.56 Å². The molecule has 0 bridgehead atoms. The van der Waals surface area contributed by atoms with Crippen molar-refractivity contribution in [2.45, 2.75) is 20.0 Å². The van der Waals surface area contributed by atoms with Crippen molar-refractivity contribution >= 4 is 5.91 Å². The topological polar surface area (TPSA) is 50.3 Å². The lowest BCUT2D eigenvalue weighted by atomic mass is 10.1. The van der Waals surface area contributed by atoms with Gasteiger partial charge in [0.2, 0.25) is 0 Å². The molecule has 4 heteroatoms. The summed E-state index contributed by atoms with van der Waals surface area (Å²) in [6, 6.07) is 10.9. The minimum absolute atomic E-state index is 0.125. The number of carbonyl (C=O) groups is 1. The number of amides is 1. The first-order valence-corrected chi connectivity index (χ1v) is 6.49. The fraction of sp³-hybridized carbons (Fsp3) is 0.188. The Balaban J connectivity index is 1.94. The first-order valence-electron chi connectivity index (χ1n) is 6.49. The van der Waals surface area contributed by atoms with Crippen LogP contribution in [0.2, 0.25) is 0 Å². The van der Waals surface area contributed by atoms with E-state index in [0.717, 1.165) is 5.56 Å². The van der Waals surface area contributed by atoms with Gasteiger partial charge in [0.25, 0.3) is 11.5 Å². The molecule has 0 N–H and O–H groups in total. The van der Waals surface area contributed by atoms with Crippen LogP contribution in [0.3, 0.4) is 0 Å². The second kappa shape index (κ2) is 4.89. The van der Waals surface area contributed by atoms with Crippen LogP contribution in [-0.2, 0) is 13.1 Å². The number of fused-ring (bicyclic) bond motifs is 1. The highest BCUT2D eigenvalue weighted by molar-refractivity contribution is 5.94. The maximum absolute atomic E-state index is 12.5. The number of hydrogen-bond donors (Lipinski definition) is 0. The van der Waals surface area contributed by atoms with E-state index in [0.29, 0.717) is 13.1 Å². The van der Waals surface area contributed by atoms with Crippen molar-refractivity contribution in [3.05, 3.63) is 75.2 Å². The fourth-order valence-corrected chi connectivity index (χ4v) is 2.52.